The Morgan fingerprint density at radius 2 is 2.17 bits per heavy atom. The first-order valence-corrected chi connectivity index (χ1v) is 9.22. The van der Waals surface area contributed by atoms with Crippen molar-refractivity contribution in [3.05, 3.63) is 64.0 Å². The number of carbonyl (C=O) groups is 1. The van der Waals surface area contributed by atoms with E-state index in [4.69, 9.17) is 0 Å². The van der Waals surface area contributed by atoms with Gasteiger partial charge in [0.1, 0.15) is 0 Å². The monoisotopic (exact) mass is 337 g/mol. The summed E-state index contributed by atoms with van der Waals surface area (Å²) >= 11 is 1.61. The van der Waals surface area contributed by atoms with Gasteiger partial charge >= 0.3 is 0 Å². The smallest absolute Gasteiger partial charge is 0.255 e. The number of amides is 1. The van der Waals surface area contributed by atoms with Crippen LogP contribution in [0.15, 0.2) is 47.3 Å². The Morgan fingerprint density at radius 1 is 1.25 bits per heavy atom. The molecule has 1 aromatic carbocycles. The Morgan fingerprint density at radius 3 is 3.04 bits per heavy atom. The Kier molecular flexibility index (Phi) is 4.17. The van der Waals surface area contributed by atoms with E-state index in [0.29, 0.717) is 5.56 Å². The molecule has 0 radical (unpaired) electrons. The van der Waals surface area contributed by atoms with Gasteiger partial charge in [-0.05, 0) is 41.8 Å². The molecule has 0 bridgehead atoms. The van der Waals surface area contributed by atoms with Gasteiger partial charge in [0.15, 0.2) is 0 Å². The molecule has 1 atom stereocenters. The summed E-state index contributed by atoms with van der Waals surface area (Å²) < 4.78 is 0. The van der Waals surface area contributed by atoms with Crippen LogP contribution in [0.4, 0.5) is 0 Å². The Hall–Kier alpha value is -2.40. The third-order valence-electron chi connectivity index (χ3n) is 4.62. The lowest BCUT2D eigenvalue weighted by Crippen LogP contribution is -2.28. The number of aryl methyl sites for hydroxylation is 1. The van der Waals surface area contributed by atoms with Crippen molar-refractivity contribution in [2.45, 2.75) is 31.7 Å². The first-order chi connectivity index (χ1) is 11.8. The number of hydrogen-bond donors (Lipinski definition) is 2. The highest BCUT2D eigenvalue weighted by Gasteiger charge is 2.23. The first-order valence-electron chi connectivity index (χ1n) is 8.27. The fraction of sp³-hybridized carbons (Fsp3) is 0.263. The Balaban J connectivity index is 1.60. The maximum atomic E-state index is 12.8. The van der Waals surface area contributed by atoms with Crippen molar-refractivity contribution in [3.8, 4) is 11.3 Å². The number of aromatic amines is 1. The molecular formula is C19H19N3OS. The number of benzene rings is 1. The molecule has 2 heterocycles. The van der Waals surface area contributed by atoms with Gasteiger partial charge in [-0.2, -0.15) is 16.4 Å². The van der Waals surface area contributed by atoms with Gasteiger partial charge in [0.25, 0.3) is 5.91 Å². The molecule has 0 saturated carbocycles. The topological polar surface area (TPSA) is 57.8 Å². The second-order valence-electron chi connectivity index (χ2n) is 6.14. The third kappa shape index (κ3) is 2.87. The summed E-state index contributed by atoms with van der Waals surface area (Å²) in [5.41, 5.74) is 5.00. The minimum atomic E-state index is -0.0633. The lowest BCUT2D eigenvalue weighted by Gasteiger charge is -2.19. The van der Waals surface area contributed by atoms with E-state index in [0.717, 1.165) is 30.5 Å². The second kappa shape index (κ2) is 6.61. The van der Waals surface area contributed by atoms with Crippen molar-refractivity contribution in [2.24, 2.45) is 0 Å². The van der Waals surface area contributed by atoms with Gasteiger partial charge in [0.2, 0.25) is 0 Å². The van der Waals surface area contributed by atoms with Crippen molar-refractivity contribution >= 4 is 17.2 Å². The van der Waals surface area contributed by atoms with Crippen LogP contribution < -0.4 is 5.32 Å². The Labute approximate surface area is 144 Å². The number of carbonyl (C=O) groups excluding carboxylic acids is 1. The van der Waals surface area contributed by atoms with Crippen LogP contribution in [-0.2, 0) is 6.42 Å². The van der Waals surface area contributed by atoms with Crippen molar-refractivity contribution in [3.63, 3.8) is 0 Å². The molecule has 1 unspecified atom stereocenters. The van der Waals surface area contributed by atoms with Gasteiger partial charge in [-0.1, -0.05) is 30.7 Å². The molecule has 24 heavy (non-hydrogen) atoms. The molecule has 1 aliphatic rings. The van der Waals surface area contributed by atoms with E-state index < -0.39 is 0 Å². The SMILES string of the molecule is O=C(NC1CCCCc2ccccc21)c1cn[nH]c1-c1ccsc1. The quantitative estimate of drug-likeness (QED) is 0.699. The van der Waals surface area contributed by atoms with Gasteiger partial charge in [-0.25, -0.2) is 0 Å². The van der Waals surface area contributed by atoms with E-state index in [1.165, 1.54) is 17.5 Å². The lowest BCUT2D eigenvalue weighted by atomic mass is 9.98. The molecule has 5 heteroatoms. The molecule has 122 valence electrons. The molecule has 0 aliphatic heterocycles. The number of fused-ring (bicyclic) bond motifs is 1. The number of H-pyrrole nitrogens is 1. The number of hydrogen-bond acceptors (Lipinski definition) is 3. The summed E-state index contributed by atoms with van der Waals surface area (Å²) in [6.07, 6.45) is 5.99. The predicted octanol–water partition coefficient (Wildman–Crippen LogP) is 4.34. The van der Waals surface area contributed by atoms with Crippen LogP contribution in [0.25, 0.3) is 11.3 Å². The van der Waals surface area contributed by atoms with Crippen molar-refractivity contribution in [1.82, 2.24) is 15.5 Å². The zero-order chi connectivity index (χ0) is 16.4. The number of rotatable bonds is 3. The van der Waals surface area contributed by atoms with Crippen LogP contribution in [0.5, 0.6) is 0 Å². The van der Waals surface area contributed by atoms with Crippen LogP contribution >= 0.6 is 11.3 Å². The summed E-state index contributed by atoms with van der Waals surface area (Å²) in [6.45, 7) is 0. The van der Waals surface area contributed by atoms with E-state index in [1.54, 1.807) is 17.5 Å². The van der Waals surface area contributed by atoms with E-state index >= 15 is 0 Å². The summed E-state index contributed by atoms with van der Waals surface area (Å²) in [5.74, 6) is -0.0633. The Bertz CT molecular complexity index is 838. The number of thiophene rings is 1. The number of aromatic nitrogens is 2. The van der Waals surface area contributed by atoms with Gasteiger partial charge < -0.3 is 5.32 Å². The molecule has 1 amide bonds. The van der Waals surface area contributed by atoms with E-state index in [2.05, 4.69) is 39.8 Å². The van der Waals surface area contributed by atoms with Crippen LogP contribution in [-0.4, -0.2) is 16.1 Å². The van der Waals surface area contributed by atoms with Gasteiger partial charge in [0.05, 0.1) is 23.5 Å². The van der Waals surface area contributed by atoms with Crippen LogP contribution in [0.3, 0.4) is 0 Å². The average molecular weight is 337 g/mol. The highest BCUT2D eigenvalue weighted by Crippen LogP contribution is 2.30. The minimum absolute atomic E-state index is 0.0633. The van der Waals surface area contributed by atoms with E-state index in [1.807, 2.05) is 16.8 Å². The van der Waals surface area contributed by atoms with E-state index in [-0.39, 0.29) is 11.9 Å². The van der Waals surface area contributed by atoms with Gasteiger partial charge in [0, 0.05) is 10.9 Å². The first kappa shape index (κ1) is 15.1. The highest BCUT2D eigenvalue weighted by molar-refractivity contribution is 7.08. The highest BCUT2D eigenvalue weighted by atomic mass is 32.1. The predicted molar refractivity (Wildman–Crippen MR) is 96.1 cm³/mol. The average Bonchev–Trinajstić information content (AvgIpc) is 3.25. The lowest BCUT2D eigenvalue weighted by molar-refractivity contribution is 0.0935. The number of nitrogens with zero attached hydrogens (tertiary/aromatic N) is 1. The molecule has 4 nitrogen and oxygen atoms in total. The zero-order valence-corrected chi connectivity index (χ0v) is 14.1. The summed E-state index contributed by atoms with van der Waals surface area (Å²) in [5, 5.41) is 14.3. The summed E-state index contributed by atoms with van der Waals surface area (Å²) in [6, 6.07) is 10.5. The van der Waals surface area contributed by atoms with Crippen LogP contribution in [0.2, 0.25) is 0 Å². The molecular weight excluding hydrogens is 318 g/mol. The maximum Gasteiger partial charge on any atom is 0.255 e. The standard InChI is InChI=1S/C19H19N3OS/c23-19(16-11-20-22-18(16)14-9-10-24-12-14)21-17-8-4-2-6-13-5-1-3-7-15(13)17/h1,3,5,7,9-12,17H,2,4,6,8H2,(H,20,22)(H,21,23). The van der Waals surface area contributed by atoms with E-state index in [9.17, 15) is 4.79 Å². The third-order valence-corrected chi connectivity index (χ3v) is 5.30. The fourth-order valence-electron chi connectivity index (χ4n) is 3.39. The molecule has 2 aromatic heterocycles. The molecule has 3 aromatic rings. The van der Waals surface area contributed by atoms with Crippen LogP contribution in [0, 0.1) is 0 Å². The normalized spacial score (nSPS) is 17.1. The van der Waals surface area contributed by atoms with Gasteiger partial charge in [-0.15, -0.1) is 0 Å². The van der Waals surface area contributed by atoms with Crippen molar-refractivity contribution in [1.29, 1.82) is 0 Å². The minimum Gasteiger partial charge on any atom is -0.345 e. The maximum absolute atomic E-state index is 12.8. The summed E-state index contributed by atoms with van der Waals surface area (Å²) in [7, 11) is 0. The molecule has 1 aliphatic carbocycles. The van der Waals surface area contributed by atoms with Gasteiger partial charge in [-0.3, -0.25) is 9.89 Å². The largest absolute Gasteiger partial charge is 0.345 e. The summed E-state index contributed by atoms with van der Waals surface area (Å²) in [4.78, 5) is 12.8. The molecule has 4 rings (SSSR count). The second-order valence-corrected chi connectivity index (χ2v) is 6.92. The van der Waals surface area contributed by atoms with Crippen molar-refractivity contribution in [2.75, 3.05) is 0 Å². The molecule has 0 saturated heterocycles. The zero-order valence-electron chi connectivity index (χ0n) is 13.3. The fourth-order valence-corrected chi connectivity index (χ4v) is 4.04. The molecule has 0 spiro atoms. The molecule has 0 fully saturated rings. The molecule has 2 N–H and O–H groups in total. The van der Waals surface area contributed by atoms with Crippen molar-refractivity contribution < 1.29 is 4.79 Å². The van der Waals surface area contributed by atoms with Crippen LogP contribution in [0.1, 0.15) is 46.8 Å². The number of nitrogens with one attached hydrogen (secondary N) is 2.